The minimum atomic E-state index is -4.79. The number of alkyl halides is 2. The maximum absolute atomic E-state index is 15.4. The van der Waals surface area contributed by atoms with Gasteiger partial charge >= 0.3 is 19.2 Å². The Kier molecular flexibility index (Phi) is 9.31. The van der Waals surface area contributed by atoms with E-state index in [0.717, 1.165) is 12.5 Å². The largest absolute Gasteiger partial charge is 0.458 e. The van der Waals surface area contributed by atoms with E-state index in [-0.39, 0.29) is 35.4 Å². The number of aliphatic imine (C=N–C) groups is 1. The Morgan fingerprint density at radius 3 is 2.26 bits per heavy atom. The van der Waals surface area contributed by atoms with Crippen molar-refractivity contribution in [2.75, 3.05) is 13.2 Å². The van der Waals surface area contributed by atoms with Gasteiger partial charge < -0.3 is 18.9 Å². The lowest BCUT2D eigenvalue weighted by Gasteiger charge is -2.62. The summed E-state index contributed by atoms with van der Waals surface area (Å²) in [6.45, 7) is 13.8. The molecule has 11 heteroatoms. The van der Waals surface area contributed by atoms with E-state index in [1.807, 2.05) is 0 Å². The third-order valence-electron chi connectivity index (χ3n) is 7.89. The van der Waals surface area contributed by atoms with Crippen molar-refractivity contribution < 1.29 is 37.0 Å². The summed E-state index contributed by atoms with van der Waals surface area (Å²) in [5.41, 5.74) is -5.30. The zero-order valence-corrected chi connectivity index (χ0v) is 26.5. The third kappa shape index (κ3) is 6.35. The molecule has 3 saturated carbocycles. The molecule has 1 aromatic rings. The second kappa shape index (κ2) is 11.2. The van der Waals surface area contributed by atoms with Gasteiger partial charge in [0.1, 0.15) is 11.2 Å². The van der Waals surface area contributed by atoms with Crippen LogP contribution in [0.1, 0.15) is 79.4 Å². The molecule has 4 rings (SSSR count). The third-order valence-corrected chi connectivity index (χ3v) is 10.7. The highest BCUT2D eigenvalue weighted by molar-refractivity contribution is 9.10. The van der Waals surface area contributed by atoms with E-state index in [1.54, 1.807) is 27.7 Å². The van der Waals surface area contributed by atoms with Crippen LogP contribution in [0.25, 0.3) is 0 Å². The van der Waals surface area contributed by atoms with Crippen molar-refractivity contribution in [3.63, 3.8) is 0 Å². The van der Waals surface area contributed by atoms with Crippen LogP contribution in [-0.2, 0) is 35.2 Å². The molecule has 7 nitrogen and oxygen atoms in total. The fourth-order valence-electron chi connectivity index (χ4n) is 5.72. The van der Waals surface area contributed by atoms with Gasteiger partial charge in [-0.05, 0) is 83.3 Å². The van der Waals surface area contributed by atoms with Gasteiger partial charge in [-0.2, -0.15) is 8.78 Å². The molecule has 0 aliphatic heterocycles. The molecule has 3 fully saturated rings. The Labute approximate surface area is 238 Å². The molecular formula is C28H41BrF2NO6P. The number of aliphatic hydroxyl groups is 1. The summed E-state index contributed by atoms with van der Waals surface area (Å²) < 4.78 is 59.1. The minimum absolute atomic E-state index is 0.00659. The first-order valence-corrected chi connectivity index (χ1v) is 15.7. The predicted molar refractivity (Wildman–Crippen MR) is 150 cm³/mol. The Bertz CT molecular complexity index is 1150. The summed E-state index contributed by atoms with van der Waals surface area (Å²) in [7, 11) is -4.79. The lowest BCUT2D eigenvalue weighted by molar-refractivity contribution is -0.156. The molecular weight excluding hydrogens is 595 g/mol. The first-order chi connectivity index (χ1) is 17.8. The average molecular weight is 637 g/mol. The van der Waals surface area contributed by atoms with Crippen LogP contribution < -0.4 is 0 Å². The fraction of sp³-hybridized carbons (Fsp3) is 0.714. The van der Waals surface area contributed by atoms with E-state index < -0.39 is 42.0 Å². The van der Waals surface area contributed by atoms with Crippen molar-refractivity contribution in [3.05, 3.63) is 33.8 Å². The Balaban J connectivity index is 1.95. The lowest BCUT2D eigenvalue weighted by atomic mass is 9.44. The number of hydrogen-bond donors (Lipinski definition) is 1. The molecule has 39 heavy (non-hydrogen) atoms. The molecule has 3 aliphatic rings. The van der Waals surface area contributed by atoms with Gasteiger partial charge in [0, 0.05) is 22.2 Å². The fourth-order valence-corrected chi connectivity index (χ4v) is 8.12. The molecule has 1 N–H and O–H groups in total. The van der Waals surface area contributed by atoms with E-state index in [9.17, 15) is 14.5 Å². The molecule has 0 amide bonds. The smallest absolute Gasteiger partial charge is 0.404 e. The van der Waals surface area contributed by atoms with E-state index >= 15 is 8.78 Å². The molecule has 0 radical (unpaired) electrons. The molecule has 4 atom stereocenters. The van der Waals surface area contributed by atoms with Crippen molar-refractivity contribution in [2.45, 2.75) is 97.6 Å². The zero-order chi connectivity index (χ0) is 29.6. The monoisotopic (exact) mass is 635 g/mol. The van der Waals surface area contributed by atoms with Crippen LogP contribution in [0.15, 0.2) is 27.7 Å². The number of carbonyl (C=O) groups is 1. The molecule has 0 spiro atoms. The number of ether oxygens (including phenoxy) is 1. The van der Waals surface area contributed by atoms with Crippen molar-refractivity contribution in [1.82, 2.24) is 0 Å². The van der Waals surface area contributed by atoms with Gasteiger partial charge in [0.15, 0.2) is 6.04 Å². The number of hydrogen-bond acceptors (Lipinski definition) is 7. The molecule has 220 valence electrons. The molecule has 1 aromatic carbocycles. The molecule has 2 bridgehead atoms. The number of halogens is 3. The highest BCUT2D eigenvalue weighted by Crippen LogP contribution is 2.67. The van der Waals surface area contributed by atoms with Gasteiger partial charge in [0.05, 0.1) is 13.2 Å². The van der Waals surface area contributed by atoms with Crippen LogP contribution >= 0.6 is 23.5 Å². The van der Waals surface area contributed by atoms with Crippen molar-refractivity contribution in [3.8, 4) is 0 Å². The van der Waals surface area contributed by atoms with Crippen molar-refractivity contribution >= 4 is 35.2 Å². The molecule has 3 aliphatic carbocycles. The standard InChI is InChI=1S/C28H41BrF2NO6P/c1-9-36-39(35,37-10-2)28(30,31)19-12-11-17(13-20(19)29)14-21(24(33)38-25(3,4)5)32-23-16-18-15-22(26(18,6)7)27(23,8)34/h11-13,18,21-22,34H,9-10,14-16H2,1-8H3/t18?,21-,22?,27?/m0/s1. The Morgan fingerprint density at radius 2 is 1.79 bits per heavy atom. The summed E-state index contributed by atoms with van der Waals surface area (Å²) in [4.78, 5) is 18.0. The van der Waals surface area contributed by atoms with Crippen LogP contribution in [0.3, 0.4) is 0 Å². The van der Waals surface area contributed by atoms with Gasteiger partial charge in [-0.3, -0.25) is 9.56 Å². The Hall–Kier alpha value is -1.19. The van der Waals surface area contributed by atoms with Gasteiger partial charge in [0.2, 0.25) is 0 Å². The summed E-state index contributed by atoms with van der Waals surface area (Å²) in [5.74, 6) is -0.168. The van der Waals surface area contributed by atoms with Crippen LogP contribution in [-0.4, -0.2) is 47.2 Å². The average Bonchev–Trinajstić information content (AvgIpc) is 2.78. The number of carbonyl (C=O) groups excluding carboxylic acids is 1. The first-order valence-electron chi connectivity index (χ1n) is 13.4. The number of fused-ring (bicyclic) bond motifs is 2. The maximum Gasteiger partial charge on any atom is 0.404 e. The number of rotatable bonds is 10. The molecule has 0 saturated heterocycles. The summed E-state index contributed by atoms with van der Waals surface area (Å²) >= 11 is 3.19. The van der Waals surface area contributed by atoms with Crippen LogP contribution in [0.4, 0.5) is 8.78 Å². The quantitative estimate of drug-likeness (QED) is 0.214. The van der Waals surface area contributed by atoms with E-state index in [4.69, 9.17) is 18.8 Å². The summed E-state index contributed by atoms with van der Waals surface area (Å²) in [5, 5.41) is 11.4. The van der Waals surface area contributed by atoms with E-state index in [0.29, 0.717) is 23.6 Å². The molecule has 3 unspecified atom stereocenters. The van der Waals surface area contributed by atoms with Crippen LogP contribution in [0, 0.1) is 17.3 Å². The lowest BCUT2D eigenvalue weighted by Crippen LogP contribution is -2.65. The SMILES string of the molecule is CCOP(=O)(OCC)C(F)(F)c1ccc(C[C@H](N=C2CC3CC(C2(C)O)C3(C)C)C(=O)OC(C)(C)C)cc1Br. The normalized spacial score (nSPS) is 26.7. The number of esters is 1. The van der Waals surface area contributed by atoms with Gasteiger partial charge in [-0.15, -0.1) is 0 Å². The van der Waals surface area contributed by atoms with Crippen LogP contribution in [0.5, 0.6) is 0 Å². The minimum Gasteiger partial charge on any atom is -0.458 e. The number of nitrogens with zero attached hydrogens (tertiary/aromatic N) is 1. The Morgan fingerprint density at radius 1 is 1.21 bits per heavy atom. The summed E-state index contributed by atoms with van der Waals surface area (Å²) in [6, 6.07) is 3.05. The first kappa shape index (κ1) is 32.3. The molecule has 0 aromatic heterocycles. The van der Waals surface area contributed by atoms with Crippen molar-refractivity contribution in [1.29, 1.82) is 0 Å². The predicted octanol–water partition coefficient (Wildman–Crippen LogP) is 7.28. The second-order valence-electron chi connectivity index (χ2n) is 12.2. The van der Waals surface area contributed by atoms with Crippen molar-refractivity contribution in [2.24, 2.45) is 22.2 Å². The van der Waals surface area contributed by atoms with E-state index in [1.165, 1.54) is 26.0 Å². The summed E-state index contributed by atoms with van der Waals surface area (Å²) in [6.07, 6.45) is 1.55. The highest BCUT2D eigenvalue weighted by Gasteiger charge is 2.62. The van der Waals surface area contributed by atoms with Gasteiger partial charge in [-0.25, -0.2) is 4.79 Å². The van der Waals surface area contributed by atoms with Crippen LogP contribution in [0.2, 0.25) is 0 Å². The zero-order valence-electron chi connectivity index (χ0n) is 24.0. The second-order valence-corrected chi connectivity index (χ2v) is 15.1. The number of benzene rings is 1. The topological polar surface area (TPSA) is 94.4 Å². The van der Waals surface area contributed by atoms with E-state index in [2.05, 4.69) is 29.8 Å². The van der Waals surface area contributed by atoms with Gasteiger partial charge in [-0.1, -0.05) is 41.9 Å². The molecule has 0 heterocycles. The van der Waals surface area contributed by atoms with Gasteiger partial charge in [0.25, 0.3) is 0 Å². The maximum atomic E-state index is 15.4. The highest BCUT2D eigenvalue weighted by atomic mass is 79.9.